The molecule has 0 radical (unpaired) electrons. The standard InChI is InChI=1S/C30H63NO2/c1-3-5-7-9-11-13-15-16-17-19-21-23-25-29-33-30(26-27-31)32-28-24-22-20-18-14-12-10-8-6-4-2/h30H,3-29,31H2,1-2H3. The highest BCUT2D eigenvalue weighted by atomic mass is 16.7. The minimum absolute atomic E-state index is 0.0918. The summed E-state index contributed by atoms with van der Waals surface area (Å²) in [5.41, 5.74) is 5.75. The van der Waals surface area contributed by atoms with Crippen molar-refractivity contribution in [2.75, 3.05) is 19.8 Å². The molecule has 0 aliphatic carbocycles. The first-order valence-electron chi connectivity index (χ1n) is 15.3. The van der Waals surface area contributed by atoms with Gasteiger partial charge in [-0.2, -0.15) is 0 Å². The molecule has 2 N–H and O–H groups in total. The van der Waals surface area contributed by atoms with Gasteiger partial charge in [0.2, 0.25) is 0 Å². The lowest BCUT2D eigenvalue weighted by atomic mass is 10.0. The highest BCUT2D eigenvalue weighted by molar-refractivity contribution is 4.52. The predicted molar refractivity (Wildman–Crippen MR) is 147 cm³/mol. The second-order valence-electron chi connectivity index (χ2n) is 10.2. The predicted octanol–water partition coefficient (Wildman–Crippen LogP) is 9.71. The average Bonchev–Trinajstić information content (AvgIpc) is 2.82. The summed E-state index contributed by atoms with van der Waals surface area (Å²) in [4.78, 5) is 0. The summed E-state index contributed by atoms with van der Waals surface area (Å²) in [7, 11) is 0. The summed E-state index contributed by atoms with van der Waals surface area (Å²) in [6.07, 6.45) is 32.3. The van der Waals surface area contributed by atoms with Gasteiger partial charge in [-0.15, -0.1) is 0 Å². The first-order valence-corrected chi connectivity index (χ1v) is 15.3. The fourth-order valence-corrected chi connectivity index (χ4v) is 4.49. The number of rotatable bonds is 29. The van der Waals surface area contributed by atoms with E-state index in [2.05, 4.69) is 13.8 Å². The number of nitrogens with two attached hydrogens (primary N) is 1. The summed E-state index contributed by atoms with van der Waals surface area (Å²) in [5, 5.41) is 0. The highest BCUT2D eigenvalue weighted by Crippen LogP contribution is 2.14. The molecule has 1 atom stereocenters. The largest absolute Gasteiger partial charge is 0.353 e. The van der Waals surface area contributed by atoms with Crippen LogP contribution in [0, 0.1) is 0 Å². The zero-order valence-corrected chi connectivity index (χ0v) is 23.1. The Labute approximate surface area is 209 Å². The molecule has 1 unspecified atom stereocenters. The van der Waals surface area contributed by atoms with Gasteiger partial charge < -0.3 is 15.2 Å². The van der Waals surface area contributed by atoms with Gasteiger partial charge >= 0.3 is 0 Å². The molecule has 3 heteroatoms. The molecule has 0 bridgehead atoms. The molecular weight excluding hydrogens is 406 g/mol. The van der Waals surface area contributed by atoms with Crippen molar-refractivity contribution in [3.05, 3.63) is 0 Å². The zero-order chi connectivity index (χ0) is 24.1. The smallest absolute Gasteiger partial charge is 0.158 e. The molecule has 0 rings (SSSR count). The van der Waals surface area contributed by atoms with Gasteiger partial charge in [0.15, 0.2) is 6.29 Å². The minimum Gasteiger partial charge on any atom is -0.353 e. The summed E-state index contributed by atoms with van der Waals surface area (Å²) in [6, 6.07) is 0. The third-order valence-electron chi connectivity index (χ3n) is 6.76. The summed E-state index contributed by atoms with van der Waals surface area (Å²) in [6.45, 7) is 6.85. The highest BCUT2D eigenvalue weighted by Gasteiger charge is 2.08. The van der Waals surface area contributed by atoms with Gasteiger partial charge in [0.05, 0.1) is 0 Å². The molecule has 33 heavy (non-hydrogen) atoms. The maximum absolute atomic E-state index is 5.97. The Balaban J connectivity index is 3.37. The fraction of sp³-hybridized carbons (Fsp3) is 1.00. The third kappa shape index (κ3) is 28.0. The van der Waals surface area contributed by atoms with Crippen LogP contribution in [0.5, 0.6) is 0 Å². The van der Waals surface area contributed by atoms with Crippen LogP contribution in [0.4, 0.5) is 0 Å². The van der Waals surface area contributed by atoms with Gasteiger partial charge in [0.1, 0.15) is 0 Å². The van der Waals surface area contributed by atoms with Crippen LogP contribution in [0.3, 0.4) is 0 Å². The SMILES string of the molecule is CCCCCCCCCCCCCCCOC(CCN)OCCCCCCCCCCCC. The van der Waals surface area contributed by atoms with Crippen molar-refractivity contribution in [1.82, 2.24) is 0 Å². The van der Waals surface area contributed by atoms with E-state index < -0.39 is 0 Å². The van der Waals surface area contributed by atoms with Crippen LogP contribution in [0.15, 0.2) is 0 Å². The normalized spacial score (nSPS) is 12.5. The number of hydrogen-bond donors (Lipinski definition) is 1. The van der Waals surface area contributed by atoms with Gasteiger partial charge in [-0.05, 0) is 19.4 Å². The molecule has 0 aromatic rings. The Hall–Kier alpha value is -0.120. The molecule has 0 aromatic carbocycles. The van der Waals surface area contributed by atoms with Crippen LogP contribution in [-0.4, -0.2) is 26.0 Å². The summed E-state index contributed by atoms with van der Waals surface area (Å²) < 4.78 is 11.9. The van der Waals surface area contributed by atoms with Gasteiger partial charge in [-0.1, -0.05) is 149 Å². The molecule has 0 saturated heterocycles. The Kier molecular flexibility index (Phi) is 29.8. The quantitative estimate of drug-likeness (QED) is 0.0875. The van der Waals surface area contributed by atoms with E-state index in [1.807, 2.05) is 0 Å². The van der Waals surface area contributed by atoms with Crippen molar-refractivity contribution >= 4 is 0 Å². The number of unbranched alkanes of at least 4 members (excludes halogenated alkanes) is 21. The molecule has 0 aromatic heterocycles. The summed E-state index contributed by atoms with van der Waals surface area (Å²) >= 11 is 0. The van der Waals surface area contributed by atoms with Crippen molar-refractivity contribution in [1.29, 1.82) is 0 Å². The van der Waals surface area contributed by atoms with E-state index in [0.29, 0.717) is 6.54 Å². The number of ether oxygens (including phenoxy) is 2. The second kappa shape index (κ2) is 29.9. The van der Waals surface area contributed by atoms with Crippen LogP contribution < -0.4 is 5.73 Å². The van der Waals surface area contributed by atoms with E-state index in [9.17, 15) is 0 Å². The molecule has 0 aliphatic heterocycles. The molecular formula is C30H63NO2. The van der Waals surface area contributed by atoms with Crippen LogP contribution in [0.1, 0.15) is 168 Å². The first kappa shape index (κ1) is 32.9. The van der Waals surface area contributed by atoms with Crippen molar-refractivity contribution in [2.24, 2.45) is 5.73 Å². The average molecular weight is 470 g/mol. The van der Waals surface area contributed by atoms with E-state index in [1.165, 1.54) is 135 Å². The molecule has 0 aliphatic rings. The maximum atomic E-state index is 5.97. The third-order valence-corrected chi connectivity index (χ3v) is 6.76. The van der Waals surface area contributed by atoms with Crippen LogP contribution in [0.2, 0.25) is 0 Å². The first-order chi connectivity index (χ1) is 16.3. The molecule has 0 heterocycles. The van der Waals surface area contributed by atoms with E-state index in [4.69, 9.17) is 15.2 Å². The van der Waals surface area contributed by atoms with Crippen molar-refractivity contribution < 1.29 is 9.47 Å². The van der Waals surface area contributed by atoms with Crippen molar-refractivity contribution in [2.45, 2.75) is 174 Å². The maximum Gasteiger partial charge on any atom is 0.158 e. The van der Waals surface area contributed by atoms with Crippen molar-refractivity contribution in [3.8, 4) is 0 Å². The van der Waals surface area contributed by atoms with E-state index in [0.717, 1.165) is 32.5 Å². The Morgan fingerprint density at radius 1 is 0.424 bits per heavy atom. The lowest BCUT2D eigenvalue weighted by Crippen LogP contribution is -2.22. The monoisotopic (exact) mass is 469 g/mol. The Morgan fingerprint density at radius 2 is 0.697 bits per heavy atom. The topological polar surface area (TPSA) is 44.5 Å². The molecule has 0 amide bonds. The van der Waals surface area contributed by atoms with Gasteiger partial charge in [-0.25, -0.2) is 0 Å². The van der Waals surface area contributed by atoms with Crippen LogP contribution >= 0.6 is 0 Å². The van der Waals surface area contributed by atoms with E-state index in [-0.39, 0.29) is 6.29 Å². The lowest BCUT2D eigenvalue weighted by molar-refractivity contribution is -0.145. The second-order valence-corrected chi connectivity index (χ2v) is 10.2. The van der Waals surface area contributed by atoms with Gasteiger partial charge in [0, 0.05) is 19.6 Å². The van der Waals surface area contributed by atoms with Crippen LogP contribution in [-0.2, 0) is 9.47 Å². The fourth-order valence-electron chi connectivity index (χ4n) is 4.49. The summed E-state index contributed by atoms with van der Waals surface area (Å²) in [5.74, 6) is 0. The molecule has 0 saturated carbocycles. The van der Waals surface area contributed by atoms with Gasteiger partial charge in [0.25, 0.3) is 0 Å². The lowest BCUT2D eigenvalue weighted by Gasteiger charge is -2.18. The molecule has 3 nitrogen and oxygen atoms in total. The van der Waals surface area contributed by atoms with E-state index in [1.54, 1.807) is 0 Å². The minimum atomic E-state index is -0.0918. The van der Waals surface area contributed by atoms with E-state index >= 15 is 0 Å². The Bertz CT molecular complexity index is 337. The molecule has 0 spiro atoms. The molecule has 0 fully saturated rings. The number of hydrogen-bond acceptors (Lipinski definition) is 3. The zero-order valence-electron chi connectivity index (χ0n) is 23.1. The molecule has 200 valence electrons. The Morgan fingerprint density at radius 3 is 0.970 bits per heavy atom. The van der Waals surface area contributed by atoms with Crippen molar-refractivity contribution in [3.63, 3.8) is 0 Å². The van der Waals surface area contributed by atoms with Gasteiger partial charge in [-0.3, -0.25) is 0 Å². The van der Waals surface area contributed by atoms with Crippen LogP contribution in [0.25, 0.3) is 0 Å².